The fourth-order valence-corrected chi connectivity index (χ4v) is 2.77. The summed E-state index contributed by atoms with van der Waals surface area (Å²) in [4.78, 5) is 0.375. The second-order valence-corrected chi connectivity index (χ2v) is 6.29. The molecule has 0 saturated heterocycles. The van der Waals surface area contributed by atoms with E-state index in [2.05, 4.69) is 0 Å². The minimum absolute atomic E-state index is 0.375. The van der Waals surface area contributed by atoms with Crippen molar-refractivity contribution in [2.24, 2.45) is 0 Å². The van der Waals surface area contributed by atoms with Gasteiger partial charge >= 0.3 is 0 Å². The molecule has 0 bridgehead atoms. The van der Waals surface area contributed by atoms with Crippen molar-refractivity contribution < 1.29 is 8.42 Å². The maximum absolute atomic E-state index is 12.0. The molecule has 0 aliphatic heterocycles. The van der Waals surface area contributed by atoms with Crippen LogP contribution in [-0.4, -0.2) is 21.5 Å². The summed E-state index contributed by atoms with van der Waals surface area (Å²) >= 11 is 0. The second kappa shape index (κ2) is 4.39. The first-order chi connectivity index (χ1) is 6.89. The normalized spacial score (nSPS) is 12.0. The van der Waals surface area contributed by atoms with Gasteiger partial charge in [0.2, 0.25) is 0 Å². The van der Waals surface area contributed by atoms with Crippen LogP contribution >= 0.6 is 0 Å². The molecule has 0 unspecified atom stereocenters. The maximum atomic E-state index is 12.0. The Kier molecular flexibility index (Phi) is 3.60. The van der Waals surface area contributed by atoms with Gasteiger partial charge in [-0.1, -0.05) is 30.6 Å². The molecule has 0 N–H and O–H groups in total. The lowest BCUT2D eigenvalue weighted by atomic mass is 9.95. The fraction of sp³-hybridized carbons (Fsp3) is 0.455. The SMILES string of the molecule is [B]c1ccc(CC)c(S(=O)(=O)C(C)C)c1. The summed E-state index contributed by atoms with van der Waals surface area (Å²) in [6.07, 6.45) is 0.696. The topological polar surface area (TPSA) is 34.1 Å². The van der Waals surface area contributed by atoms with Crippen LogP contribution in [0.15, 0.2) is 23.1 Å². The van der Waals surface area contributed by atoms with E-state index in [-0.39, 0.29) is 0 Å². The summed E-state index contributed by atoms with van der Waals surface area (Å²) in [5.74, 6) is 0. The average Bonchev–Trinajstić information content (AvgIpc) is 2.17. The molecule has 1 aromatic carbocycles. The molecular formula is C11H15BO2S. The predicted octanol–water partition coefficient (Wildman–Crippen LogP) is 1.22. The zero-order valence-corrected chi connectivity index (χ0v) is 10.1. The van der Waals surface area contributed by atoms with Crippen molar-refractivity contribution >= 4 is 23.1 Å². The van der Waals surface area contributed by atoms with Gasteiger partial charge in [-0.05, 0) is 25.8 Å². The van der Waals surface area contributed by atoms with Gasteiger partial charge in [-0.15, -0.1) is 0 Å². The van der Waals surface area contributed by atoms with Crippen molar-refractivity contribution in [1.29, 1.82) is 0 Å². The van der Waals surface area contributed by atoms with Crippen LogP contribution < -0.4 is 5.46 Å². The van der Waals surface area contributed by atoms with E-state index in [1.807, 2.05) is 6.92 Å². The Balaban J connectivity index is 3.42. The van der Waals surface area contributed by atoms with Crippen LogP contribution in [0.2, 0.25) is 0 Å². The van der Waals surface area contributed by atoms with Gasteiger partial charge in [0.15, 0.2) is 9.84 Å². The third-order valence-electron chi connectivity index (χ3n) is 2.40. The van der Waals surface area contributed by atoms with Crippen molar-refractivity contribution in [2.45, 2.75) is 37.3 Å². The van der Waals surface area contributed by atoms with Gasteiger partial charge in [0.05, 0.1) is 10.1 Å². The highest BCUT2D eigenvalue weighted by atomic mass is 32.2. The molecule has 0 aliphatic rings. The molecule has 0 aromatic heterocycles. The van der Waals surface area contributed by atoms with Gasteiger partial charge in [0.25, 0.3) is 0 Å². The largest absolute Gasteiger partial charge is 0.223 e. The molecule has 0 amide bonds. The third kappa shape index (κ3) is 2.43. The molecular weight excluding hydrogens is 207 g/mol. The Hall–Kier alpha value is -0.765. The summed E-state index contributed by atoms with van der Waals surface area (Å²) in [7, 11) is 2.39. The van der Waals surface area contributed by atoms with Crippen LogP contribution in [0.4, 0.5) is 0 Å². The van der Waals surface area contributed by atoms with Crippen LogP contribution in [0.1, 0.15) is 26.3 Å². The van der Waals surface area contributed by atoms with Crippen molar-refractivity contribution in [3.8, 4) is 0 Å². The summed E-state index contributed by atoms with van der Waals surface area (Å²) in [5.41, 5.74) is 1.32. The molecule has 4 heteroatoms. The molecule has 0 heterocycles. The second-order valence-electron chi connectivity index (χ2n) is 3.81. The van der Waals surface area contributed by atoms with Gasteiger partial charge < -0.3 is 0 Å². The molecule has 0 saturated carbocycles. The van der Waals surface area contributed by atoms with E-state index in [0.717, 1.165) is 5.56 Å². The summed E-state index contributed by atoms with van der Waals surface area (Å²) < 4.78 is 24.0. The minimum atomic E-state index is -3.22. The number of hydrogen-bond donors (Lipinski definition) is 0. The average molecular weight is 222 g/mol. The molecule has 0 aliphatic carbocycles. The van der Waals surface area contributed by atoms with E-state index < -0.39 is 15.1 Å². The molecule has 80 valence electrons. The molecule has 1 aromatic rings. The Bertz CT molecular complexity index is 450. The zero-order valence-electron chi connectivity index (χ0n) is 9.32. The Morgan fingerprint density at radius 1 is 1.33 bits per heavy atom. The quantitative estimate of drug-likeness (QED) is 0.720. The lowest BCUT2D eigenvalue weighted by molar-refractivity contribution is 0.586. The van der Waals surface area contributed by atoms with Gasteiger partial charge in [0.1, 0.15) is 7.85 Å². The highest BCUT2D eigenvalue weighted by Gasteiger charge is 2.21. The van der Waals surface area contributed by atoms with Crippen molar-refractivity contribution in [3.05, 3.63) is 23.8 Å². The Labute approximate surface area is 93.0 Å². The first-order valence-electron chi connectivity index (χ1n) is 5.02. The van der Waals surface area contributed by atoms with E-state index in [9.17, 15) is 8.42 Å². The lowest BCUT2D eigenvalue weighted by Gasteiger charge is -2.12. The summed E-state index contributed by atoms with van der Waals surface area (Å²) in [6.45, 7) is 5.29. The van der Waals surface area contributed by atoms with Gasteiger partial charge in [0, 0.05) is 0 Å². The number of rotatable bonds is 3. The lowest BCUT2D eigenvalue weighted by Crippen LogP contribution is -2.18. The summed E-state index contributed by atoms with van der Waals surface area (Å²) in [5, 5.41) is -0.412. The summed E-state index contributed by atoms with van der Waals surface area (Å²) in [6, 6.07) is 5.07. The van der Waals surface area contributed by atoms with E-state index in [4.69, 9.17) is 7.85 Å². The zero-order chi connectivity index (χ0) is 11.6. The van der Waals surface area contributed by atoms with Crippen molar-refractivity contribution in [2.75, 3.05) is 0 Å². The predicted molar refractivity (Wildman–Crippen MR) is 63.5 cm³/mol. The third-order valence-corrected chi connectivity index (χ3v) is 4.63. The number of aryl methyl sites for hydroxylation is 1. The van der Waals surface area contributed by atoms with Crippen molar-refractivity contribution in [1.82, 2.24) is 0 Å². The fourth-order valence-electron chi connectivity index (χ4n) is 1.38. The molecule has 1 rings (SSSR count). The Morgan fingerprint density at radius 2 is 1.93 bits per heavy atom. The molecule has 0 spiro atoms. The highest BCUT2D eigenvalue weighted by Crippen LogP contribution is 2.19. The van der Waals surface area contributed by atoms with Crippen LogP contribution in [0.3, 0.4) is 0 Å². The number of hydrogen-bond acceptors (Lipinski definition) is 2. The van der Waals surface area contributed by atoms with Crippen molar-refractivity contribution in [3.63, 3.8) is 0 Å². The van der Waals surface area contributed by atoms with Gasteiger partial charge in [-0.2, -0.15) is 0 Å². The standard InChI is InChI=1S/C11H15BO2S/c1-4-9-5-6-10(12)7-11(9)15(13,14)8(2)3/h5-8H,4H2,1-3H3. The van der Waals surface area contributed by atoms with Crippen LogP contribution in [0.5, 0.6) is 0 Å². The number of sulfone groups is 1. The molecule has 0 fully saturated rings. The molecule has 0 atom stereocenters. The smallest absolute Gasteiger partial charge is 0.180 e. The van der Waals surface area contributed by atoms with Crippen LogP contribution in [0, 0.1) is 0 Å². The number of benzene rings is 1. The molecule has 15 heavy (non-hydrogen) atoms. The Morgan fingerprint density at radius 3 is 2.40 bits per heavy atom. The first-order valence-corrected chi connectivity index (χ1v) is 6.56. The van der Waals surface area contributed by atoms with Crippen LogP contribution in [0.25, 0.3) is 0 Å². The monoisotopic (exact) mass is 222 g/mol. The highest BCUT2D eigenvalue weighted by molar-refractivity contribution is 7.92. The minimum Gasteiger partial charge on any atom is -0.223 e. The first kappa shape index (κ1) is 12.3. The molecule has 2 radical (unpaired) electrons. The maximum Gasteiger partial charge on any atom is 0.180 e. The van der Waals surface area contributed by atoms with E-state index >= 15 is 0 Å². The van der Waals surface area contributed by atoms with Gasteiger partial charge in [-0.25, -0.2) is 8.42 Å². The van der Waals surface area contributed by atoms with E-state index in [0.29, 0.717) is 16.8 Å². The van der Waals surface area contributed by atoms with E-state index in [1.54, 1.807) is 32.0 Å². The molecule has 2 nitrogen and oxygen atoms in total. The van der Waals surface area contributed by atoms with Crippen LogP contribution in [-0.2, 0) is 16.3 Å². The van der Waals surface area contributed by atoms with E-state index in [1.165, 1.54) is 0 Å². The van der Waals surface area contributed by atoms with Gasteiger partial charge in [-0.3, -0.25) is 0 Å².